The highest BCUT2D eigenvalue weighted by atomic mass is 16.1. The number of nitrogens with two attached hydrogens (primary N) is 1. The third-order valence-corrected chi connectivity index (χ3v) is 2.13. The maximum absolute atomic E-state index is 11.4. The van der Waals surface area contributed by atoms with E-state index in [4.69, 9.17) is 5.73 Å². The van der Waals surface area contributed by atoms with E-state index in [-0.39, 0.29) is 11.8 Å². The molecule has 0 aromatic rings. The molecule has 0 fully saturated rings. The van der Waals surface area contributed by atoms with E-state index < -0.39 is 0 Å². The lowest BCUT2D eigenvalue weighted by molar-refractivity contribution is -0.124. The van der Waals surface area contributed by atoms with E-state index in [9.17, 15) is 4.79 Å². The molecule has 0 heterocycles. The number of nitrogens with one attached hydrogen (secondary N) is 1. The van der Waals surface area contributed by atoms with E-state index in [1.54, 1.807) is 0 Å². The summed E-state index contributed by atoms with van der Waals surface area (Å²) in [4.78, 5) is 11.4. The minimum atomic E-state index is 0.0872. The highest BCUT2D eigenvalue weighted by molar-refractivity contribution is 5.78. The molecule has 0 saturated carbocycles. The van der Waals surface area contributed by atoms with E-state index in [0.717, 1.165) is 25.8 Å². The van der Waals surface area contributed by atoms with E-state index in [1.807, 2.05) is 26.0 Å². The average molecular weight is 198 g/mol. The first-order valence-electron chi connectivity index (χ1n) is 5.31. The fourth-order valence-corrected chi connectivity index (χ4v) is 1.17. The molecule has 0 aliphatic rings. The van der Waals surface area contributed by atoms with E-state index in [0.29, 0.717) is 6.54 Å². The summed E-state index contributed by atoms with van der Waals surface area (Å²) < 4.78 is 0. The van der Waals surface area contributed by atoms with Crippen molar-refractivity contribution in [2.24, 2.45) is 11.7 Å². The summed E-state index contributed by atoms with van der Waals surface area (Å²) >= 11 is 0. The van der Waals surface area contributed by atoms with Gasteiger partial charge in [0, 0.05) is 12.5 Å². The van der Waals surface area contributed by atoms with Crippen molar-refractivity contribution in [3.05, 3.63) is 12.2 Å². The summed E-state index contributed by atoms with van der Waals surface area (Å²) in [7, 11) is 0. The Kier molecular flexibility index (Phi) is 8.24. The van der Waals surface area contributed by atoms with Crippen LogP contribution in [0.15, 0.2) is 12.2 Å². The summed E-state index contributed by atoms with van der Waals surface area (Å²) in [6.45, 7) is 5.32. The molecule has 1 atom stereocenters. The van der Waals surface area contributed by atoms with Crippen molar-refractivity contribution in [3.8, 4) is 0 Å². The van der Waals surface area contributed by atoms with Crippen LogP contribution in [-0.4, -0.2) is 19.0 Å². The zero-order valence-corrected chi connectivity index (χ0v) is 9.25. The van der Waals surface area contributed by atoms with Crippen molar-refractivity contribution >= 4 is 5.91 Å². The quantitative estimate of drug-likeness (QED) is 0.480. The molecule has 0 aromatic carbocycles. The Morgan fingerprint density at radius 2 is 2.29 bits per heavy atom. The molecule has 0 saturated heterocycles. The predicted molar refractivity (Wildman–Crippen MR) is 59.9 cm³/mol. The van der Waals surface area contributed by atoms with Gasteiger partial charge in [-0.3, -0.25) is 4.79 Å². The zero-order chi connectivity index (χ0) is 10.8. The van der Waals surface area contributed by atoms with Crippen LogP contribution in [0.1, 0.15) is 33.1 Å². The van der Waals surface area contributed by atoms with Crippen LogP contribution in [0.5, 0.6) is 0 Å². The standard InChI is InChI=1S/C11H22N2O/c1-3-4-5-9-13-11(14)10(2)7-6-8-12/h3-4,10H,5-9,12H2,1-2H3,(H,13,14)/b4-3+. The first-order chi connectivity index (χ1) is 6.72. The maximum atomic E-state index is 11.4. The molecule has 0 aliphatic heterocycles. The van der Waals surface area contributed by atoms with Gasteiger partial charge < -0.3 is 11.1 Å². The van der Waals surface area contributed by atoms with Crippen molar-refractivity contribution in [2.45, 2.75) is 33.1 Å². The van der Waals surface area contributed by atoms with Crippen LogP contribution in [0.3, 0.4) is 0 Å². The minimum absolute atomic E-state index is 0.0872. The van der Waals surface area contributed by atoms with Crippen LogP contribution in [0, 0.1) is 5.92 Å². The number of amides is 1. The number of allylic oxidation sites excluding steroid dienone is 1. The molecule has 3 nitrogen and oxygen atoms in total. The second-order valence-electron chi connectivity index (χ2n) is 3.48. The summed E-state index contributed by atoms with van der Waals surface area (Å²) in [5, 5.41) is 2.90. The average Bonchev–Trinajstić information content (AvgIpc) is 2.20. The second kappa shape index (κ2) is 8.75. The SMILES string of the molecule is C/C=C/CCNC(=O)C(C)CCCN. The molecular formula is C11H22N2O. The number of rotatable bonds is 7. The Morgan fingerprint density at radius 1 is 1.57 bits per heavy atom. The van der Waals surface area contributed by atoms with Crippen molar-refractivity contribution in [2.75, 3.05) is 13.1 Å². The lowest BCUT2D eigenvalue weighted by Gasteiger charge is -2.10. The monoisotopic (exact) mass is 198 g/mol. The van der Waals surface area contributed by atoms with Crippen LogP contribution in [0.25, 0.3) is 0 Å². The minimum Gasteiger partial charge on any atom is -0.356 e. The molecule has 0 aliphatic carbocycles. The Labute approximate surface area is 86.8 Å². The third-order valence-electron chi connectivity index (χ3n) is 2.13. The highest BCUT2D eigenvalue weighted by Gasteiger charge is 2.10. The summed E-state index contributed by atoms with van der Waals surface area (Å²) in [5.41, 5.74) is 5.38. The zero-order valence-electron chi connectivity index (χ0n) is 9.25. The smallest absolute Gasteiger partial charge is 0.222 e. The molecule has 1 amide bonds. The van der Waals surface area contributed by atoms with Crippen molar-refractivity contribution in [1.29, 1.82) is 0 Å². The first kappa shape index (κ1) is 13.2. The van der Waals surface area contributed by atoms with Crippen LogP contribution in [0.2, 0.25) is 0 Å². The highest BCUT2D eigenvalue weighted by Crippen LogP contribution is 2.04. The van der Waals surface area contributed by atoms with Gasteiger partial charge in [-0.05, 0) is 32.7 Å². The van der Waals surface area contributed by atoms with Gasteiger partial charge in [0.05, 0.1) is 0 Å². The van der Waals surface area contributed by atoms with Crippen LogP contribution < -0.4 is 11.1 Å². The van der Waals surface area contributed by atoms with Gasteiger partial charge >= 0.3 is 0 Å². The number of hydrogen-bond acceptors (Lipinski definition) is 2. The molecule has 0 bridgehead atoms. The van der Waals surface area contributed by atoms with Gasteiger partial charge in [0.2, 0.25) is 5.91 Å². The van der Waals surface area contributed by atoms with Gasteiger partial charge in [0.15, 0.2) is 0 Å². The van der Waals surface area contributed by atoms with E-state index >= 15 is 0 Å². The molecule has 0 radical (unpaired) electrons. The van der Waals surface area contributed by atoms with E-state index in [2.05, 4.69) is 5.32 Å². The normalized spacial score (nSPS) is 13.1. The topological polar surface area (TPSA) is 55.1 Å². The molecule has 14 heavy (non-hydrogen) atoms. The summed E-state index contributed by atoms with van der Waals surface area (Å²) in [6, 6.07) is 0. The predicted octanol–water partition coefficient (Wildman–Crippen LogP) is 1.44. The molecule has 0 aromatic heterocycles. The van der Waals surface area contributed by atoms with Gasteiger partial charge in [-0.2, -0.15) is 0 Å². The van der Waals surface area contributed by atoms with Gasteiger partial charge in [-0.15, -0.1) is 0 Å². The summed E-state index contributed by atoms with van der Waals surface area (Å²) in [5.74, 6) is 0.229. The maximum Gasteiger partial charge on any atom is 0.222 e. The van der Waals surface area contributed by atoms with Crippen molar-refractivity contribution in [3.63, 3.8) is 0 Å². The van der Waals surface area contributed by atoms with Crippen LogP contribution >= 0.6 is 0 Å². The largest absolute Gasteiger partial charge is 0.356 e. The van der Waals surface area contributed by atoms with Crippen LogP contribution in [0.4, 0.5) is 0 Å². The van der Waals surface area contributed by atoms with Gasteiger partial charge in [0.1, 0.15) is 0 Å². The lowest BCUT2D eigenvalue weighted by atomic mass is 10.1. The Balaban J connectivity index is 3.51. The number of carbonyl (C=O) groups excluding carboxylic acids is 1. The van der Waals surface area contributed by atoms with Crippen molar-refractivity contribution < 1.29 is 4.79 Å². The van der Waals surface area contributed by atoms with Gasteiger partial charge in [0.25, 0.3) is 0 Å². The van der Waals surface area contributed by atoms with Crippen molar-refractivity contribution in [1.82, 2.24) is 5.32 Å². The molecule has 3 heteroatoms. The molecule has 0 spiro atoms. The Morgan fingerprint density at radius 3 is 2.86 bits per heavy atom. The number of carbonyl (C=O) groups is 1. The fraction of sp³-hybridized carbons (Fsp3) is 0.727. The van der Waals surface area contributed by atoms with Gasteiger partial charge in [-0.25, -0.2) is 0 Å². The fourth-order valence-electron chi connectivity index (χ4n) is 1.17. The molecule has 82 valence electrons. The molecule has 3 N–H and O–H groups in total. The Hall–Kier alpha value is -0.830. The van der Waals surface area contributed by atoms with Crippen LogP contribution in [-0.2, 0) is 4.79 Å². The van der Waals surface area contributed by atoms with Gasteiger partial charge in [-0.1, -0.05) is 19.1 Å². The van der Waals surface area contributed by atoms with E-state index in [1.165, 1.54) is 0 Å². The molecule has 1 unspecified atom stereocenters. The Bertz CT molecular complexity index is 178. The lowest BCUT2D eigenvalue weighted by Crippen LogP contribution is -2.30. The second-order valence-corrected chi connectivity index (χ2v) is 3.48. The first-order valence-corrected chi connectivity index (χ1v) is 5.31. The summed E-state index contributed by atoms with van der Waals surface area (Å²) in [6.07, 6.45) is 6.75. The number of hydrogen-bond donors (Lipinski definition) is 2. The molecular weight excluding hydrogens is 176 g/mol. The molecule has 0 rings (SSSR count). The third kappa shape index (κ3) is 6.66.